The maximum atomic E-state index is 11.8. The van der Waals surface area contributed by atoms with E-state index >= 15 is 0 Å². The van der Waals surface area contributed by atoms with Gasteiger partial charge in [-0.25, -0.2) is 0 Å². The van der Waals surface area contributed by atoms with Gasteiger partial charge in [0.2, 0.25) is 5.91 Å². The summed E-state index contributed by atoms with van der Waals surface area (Å²) >= 11 is 0. The molecule has 1 aromatic carbocycles. The zero-order valence-corrected chi connectivity index (χ0v) is 10.9. The Bertz CT molecular complexity index is 380. The van der Waals surface area contributed by atoms with Crippen LogP contribution in [0.1, 0.15) is 30.4 Å². The molecule has 98 valence electrons. The van der Waals surface area contributed by atoms with E-state index in [0.29, 0.717) is 18.9 Å². The van der Waals surface area contributed by atoms with E-state index in [2.05, 4.69) is 36.5 Å². The van der Waals surface area contributed by atoms with Gasteiger partial charge in [-0.1, -0.05) is 29.8 Å². The second-order valence-corrected chi connectivity index (χ2v) is 5.02. The average Bonchev–Trinajstić information content (AvgIpc) is 2.39. The molecule has 1 fully saturated rings. The molecule has 1 saturated heterocycles. The lowest BCUT2D eigenvalue weighted by atomic mass is 9.96. The van der Waals surface area contributed by atoms with Crippen LogP contribution in [0.2, 0.25) is 0 Å². The number of carbonyl (C=O) groups excluding carboxylic acids is 1. The zero-order valence-electron chi connectivity index (χ0n) is 10.9. The van der Waals surface area contributed by atoms with Crippen LogP contribution in [-0.2, 0) is 16.1 Å². The summed E-state index contributed by atoms with van der Waals surface area (Å²) in [6, 6.07) is 8.26. The first-order chi connectivity index (χ1) is 8.74. The number of amides is 1. The summed E-state index contributed by atoms with van der Waals surface area (Å²) in [4.78, 5) is 11.8. The highest BCUT2D eigenvalue weighted by Gasteiger charge is 2.16. The minimum absolute atomic E-state index is 0.155. The van der Waals surface area contributed by atoms with Crippen LogP contribution in [0.4, 0.5) is 0 Å². The van der Waals surface area contributed by atoms with Crippen LogP contribution in [0.25, 0.3) is 0 Å². The minimum Gasteiger partial charge on any atom is -0.381 e. The van der Waals surface area contributed by atoms with Crippen molar-refractivity contribution in [3.05, 3.63) is 35.4 Å². The Morgan fingerprint density at radius 1 is 1.28 bits per heavy atom. The first kappa shape index (κ1) is 13.1. The van der Waals surface area contributed by atoms with Crippen LogP contribution >= 0.6 is 0 Å². The normalized spacial score (nSPS) is 16.5. The molecular formula is C15H21NO2. The third kappa shape index (κ3) is 4.15. The molecule has 0 radical (unpaired) electrons. The van der Waals surface area contributed by atoms with Crippen LogP contribution in [0.5, 0.6) is 0 Å². The van der Waals surface area contributed by atoms with Crippen LogP contribution in [-0.4, -0.2) is 19.1 Å². The van der Waals surface area contributed by atoms with Gasteiger partial charge in [0.15, 0.2) is 0 Å². The first-order valence-electron chi connectivity index (χ1n) is 6.64. The second-order valence-electron chi connectivity index (χ2n) is 5.02. The number of benzene rings is 1. The van der Waals surface area contributed by atoms with E-state index in [1.54, 1.807) is 0 Å². The third-order valence-electron chi connectivity index (χ3n) is 3.43. The lowest BCUT2D eigenvalue weighted by Crippen LogP contribution is -2.27. The molecule has 1 heterocycles. The van der Waals surface area contributed by atoms with Crippen molar-refractivity contribution in [2.45, 2.75) is 32.7 Å². The first-order valence-corrected chi connectivity index (χ1v) is 6.64. The fraction of sp³-hybridized carbons (Fsp3) is 0.533. The van der Waals surface area contributed by atoms with Gasteiger partial charge in [-0.2, -0.15) is 0 Å². The molecule has 1 N–H and O–H groups in total. The Labute approximate surface area is 109 Å². The number of ether oxygens (including phenoxy) is 1. The molecule has 1 amide bonds. The topological polar surface area (TPSA) is 38.3 Å². The molecule has 1 aliphatic rings. The summed E-state index contributed by atoms with van der Waals surface area (Å²) < 4.78 is 5.29. The zero-order chi connectivity index (χ0) is 12.8. The van der Waals surface area contributed by atoms with Gasteiger partial charge in [0.1, 0.15) is 0 Å². The van der Waals surface area contributed by atoms with Gasteiger partial charge in [0.05, 0.1) is 0 Å². The molecule has 0 spiro atoms. The maximum absolute atomic E-state index is 11.8. The van der Waals surface area contributed by atoms with Crippen molar-refractivity contribution in [2.24, 2.45) is 5.92 Å². The lowest BCUT2D eigenvalue weighted by molar-refractivity contribution is -0.122. The Morgan fingerprint density at radius 3 is 2.61 bits per heavy atom. The van der Waals surface area contributed by atoms with Crippen molar-refractivity contribution in [3.8, 4) is 0 Å². The molecule has 0 atom stereocenters. The number of hydrogen-bond acceptors (Lipinski definition) is 2. The second kappa shape index (κ2) is 6.55. The summed E-state index contributed by atoms with van der Waals surface area (Å²) in [7, 11) is 0. The van der Waals surface area contributed by atoms with Crippen molar-refractivity contribution in [1.82, 2.24) is 5.32 Å². The van der Waals surface area contributed by atoms with Gasteiger partial charge in [-0.15, -0.1) is 0 Å². The molecule has 1 aliphatic heterocycles. The molecule has 3 nitrogen and oxygen atoms in total. The van der Waals surface area contributed by atoms with Gasteiger partial charge in [-0.05, 0) is 31.2 Å². The highest BCUT2D eigenvalue weighted by Crippen LogP contribution is 2.18. The van der Waals surface area contributed by atoms with Crippen molar-refractivity contribution in [3.63, 3.8) is 0 Å². The number of carbonyl (C=O) groups is 1. The maximum Gasteiger partial charge on any atom is 0.220 e. The lowest BCUT2D eigenvalue weighted by Gasteiger charge is -2.21. The van der Waals surface area contributed by atoms with Crippen molar-refractivity contribution in [2.75, 3.05) is 13.2 Å². The van der Waals surface area contributed by atoms with Crippen LogP contribution in [0.15, 0.2) is 24.3 Å². The van der Waals surface area contributed by atoms with Crippen molar-refractivity contribution < 1.29 is 9.53 Å². The van der Waals surface area contributed by atoms with E-state index < -0.39 is 0 Å². The summed E-state index contributed by atoms with van der Waals surface area (Å²) in [5, 5.41) is 2.99. The average molecular weight is 247 g/mol. The Morgan fingerprint density at radius 2 is 1.94 bits per heavy atom. The number of rotatable bonds is 4. The molecule has 0 bridgehead atoms. The van der Waals surface area contributed by atoms with Crippen molar-refractivity contribution >= 4 is 5.91 Å². The molecule has 18 heavy (non-hydrogen) atoms. The largest absolute Gasteiger partial charge is 0.381 e. The fourth-order valence-corrected chi connectivity index (χ4v) is 2.19. The van der Waals surface area contributed by atoms with Gasteiger partial charge in [-0.3, -0.25) is 4.79 Å². The summed E-state index contributed by atoms with van der Waals surface area (Å²) in [6.45, 7) is 4.29. The van der Waals surface area contributed by atoms with E-state index in [9.17, 15) is 4.79 Å². The summed E-state index contributed by atoms with van der Waals surface area (Å²) in [6.07, 6.45) is 2.66. The Balaban J connectivity index is 1.72. The molecular weight excluding hydrogens is 226 g/mol. The van der Waals surface area contributed by atoms with Gasteiger partial charge in [0.25, 0.3) is 0 Å². The molecule has 0 saturated carbocycles. The van der Waals surface area contributed by atoms with Gasteiger partial charge in [0, 0.05) is 26.2 Å². The van der Waals surface area contributed by atoms with E-state index in [0.717, 1.165) is 31.6 Å². The van der Waals surface area contributed by atoms with Crippen molar-refractivity contribution in [1.29, 1.82) is 0 Å². The van der Waals surface area contributed by atoms with Gasteiger partial charge >= 0.3 is 0 Å². The smallest absolute Gasteiger partial charge is 0.220 e. The van der Waals surface area contributed by atoms with E-state index in [-0.39, 0.29) is 5.91 Å². The number of aryl methyl sites for hydroxylation is 1. The van der Waals surface area contributed by atoms with E-state index in [1.165, 1.54) is 5.56 Å². The number of nitrogens with one attached hydrogen (secondary N) is 1. The number of hydrogen-bond donors (Lipinski definition) is 1. The van der Waals surface area contributed by atoms with Crippen LogP contribution in [0.3, 0.4) is 0 Å². The molecule has 0 aromatic heterocycles. The molecule has 2 rings (SSSR count). The molecule has 0 unspecified atom stereocenters. The summed E-state index contributed by atoms with van der Waals surface area (Å²) in [5.41, 5.74) is 2.40. The summed E-state index contributed by atoms with van der Waals surface area (Å²) in [5.74, 6) is 0.652. The minimum atomic E-state index is 0.155. The van der Waals surface area contributed by atoms with E-state index in [4.69, 9.17) is 4.74 Å². The SMILES string of the molecule is Cc1ccc(CNC(=O)CC2CCOCC2)cc1. The standard InChI is InChI=1S/C15H21NO2/c1-12-2-4-14(5-3-12)11-16-15(17)10-13-6-8-18-9-7-13/h2-5,13H,6-11H2,1H3,(H,16,17). The van der Waals surface area contributed by atoms with Crippen LogP contribution < -0.4 is 5.32 Å². The highest BCUT2D eigenvalue weighted by atomic mass is 16.5. The quantitative estimate of drug-likeness (QED) is 0.887. The monoisotopic (exact) mass is 247 g/mol. The van der Waals surface area contributed by atoms with E-state index in [1.807, 2.05) is 0 Å². The molecule has 0 aliphatic carbocycles. The third-order valence-corrected chi connectivity index (χ3v) is 3.43. The predicted molar refractivity (Wildman–Crippen MR) is 71.2 cm³/mol. The highest BCUT2D eigenvalue weighted by molar-refractivity contribution is 5.76. The fourth-order valence-electron chi connectivity index (χ4n) is 2.19. The molecule has 3 heteroatoms. The van der Waals surface area contributed by atoms with Crippen LogP contribution in [0, 0.1) is 12.8 Å². The van der Waals surface area contributed by atoms with Gasteiger partial charge < -0.3 is 10.1 Å². The predicted octanol–water partition coefficient (Wildman–Crippen LogP) is 2.43. The Kier molecular flexibility index (Phi) is 4.76. The Hall–Kier alpha value is -1.35. The molecule has 1 aromatic rings.